The lowest BCUT2D eigenvalue weighted by Gasteiger charge is -2.30. The van der Waals surface area contributed by atoms with Gasteiger partial charge in [0.25, 0.3) is 0 Å². The van der Waals surface area contributed by atoms with E-state index in [1.807, 2.05) is 0 Å². The molecular weight excluding hydrogens is 196 g/mol. The van der Waals surface area contributed by atoms with Gasteiger partial charge in [-0.25, -0.2) is 0 Å². The summed E-state index contributed by atoms with van der Waals surface area (Å²) in [5, 5.41) is 0. The smallest absolute Gasteiger partial charge is 0.0100 e. The van der Waals surface area contributed by atoms with Crippen LogP contribution in [-0.2, 0) is 0 Å². The molecule has 0 saturated carbocycles. The SMILES string of the molecule is CN1CC(CC(C)(C)C)C(CC(C)(C)N)C1. The summed E-state index contributed by atoms with van der Waals surface area (Å²) in [6, 6.07) is 0. The molecule has 2 N–H and O–H groups in total. The molecule has 0 aromatic heterocycles. The average Bonchev–Trinajstić information content (AvgIpc) is 2.23. The van der Waals surface area contributed by atoms with Crippen LogP contribution in [0.25, 0.3) is 0 Å². The van der Waals surface area contributed by atoms with Crippen LogP contribution in [0.1, 0.15) is 47.5 Å². The Labute approximate surface area is 102 Å². The van der Waals surface area contributed by atoms with Gasteiger partial charge in [0.2, 0.25) is 0 Å². The maximum Gasteiger partial charge on any atom is 0.0100 e. The van der Waals surface area contributed by atoms with E-state index in [9.17, 15) is 0 Å². The molecule has 0 bridgehead atoms. The number of nitrogens with zero attached hydrogens (tertiary/aromatic N) is 1. The van der Waals surface area contributed by atoms with Gasteiger partial charge in [-0.1, -0.05) is 20.8 Å². The first-order valence-electron chi connectivity index (χ1n) is 6.54. The van der Waals surface area contributed by atoms with E-state index >= 15 is 0 Å². The maximum absolute atomic E-state index is 6.17. The second-order valence-corrected chi connectivity index (χ2v) is 7.70. The first-order valence-corrected chi connectivity index (χ1v) is 6.54. The summed E-state index contributed by atoms with van der Waals surface area (Å²) >= 11 is 0. The molecule has 96 valence electrons. The molecule has 0 aliphatic carbocycles. The van der Waals surface area contributed by atoms with Gasteiger partial charge in [-0.2, -0.15) is 0 Å². The van der Waals surface area contributed by atoms with Crippen molar-refractivity contribution in [3.8, 4) is 0 Å². The molecule has 1 rings (SSSR count). The summed E-state index contributed by atoms with van der Waals surface area (Å²) in [6.45, 7) is 13.8. The zero-order valence-electron chi connectivity index (χ0n) is 12.0. The van der Waals surface area contributed by atoms with E-state index in [0.717, 1.165) is 18.3 Å². The van der Waals surface area contributed by atoms with Gasteiger partial charge < -0.3 is 10.6 Å². The molecule has 0 spiro atoms. The summed E-state index contributed by atoms with van der Waals surface area (Å²) in [7, 11) is 2.24. The Kier molecular flexibility index (Phi) is 4.07. The number of likely N-dealkylation sites (tertiary alicyclic amines) is 1. The van der Waals surface area contributed by atoms with E-state index in [2.05, 4.69) is 46.6 Å². The standard InChI is InChI=1S/C14H30N2/c1-13(2,3)7-11-9-16(6)10-12(11)8-14(4,5)15/h11-12H,7-10,15H2,1-6H3. The van der Waals surface area contributed by atoms with Gasteiger partial charge in [-0.3, -0.25) is 0 Å². The van der Waals surface area contributed by atoms with E-state index in [-0.39, 0.29) is 5.54 Å². The van der Waals surface area contributed by atoms with Crippen LogP contribution in [0.3, 0.4) is 0 Å². The van der Waals surface area contributed by atoms with Gasteiger partial charge in [0.1, 0.15) is 0 Å². The Morgan fingerprint density at radius 2 is 1.44 bits per heavy atom. The highest BCUT2D eigenvalue weighted by molar-refractivity contribution is 4.89. The summed E-state index contributed by atoms with van der Waals surface area (Å²) < 4.78 is 0. The fourth-order valence-corrected chi connectivity index (χ4v) is 3.10. The topological polar surface area (TPSA) is 29.3 Å². The summed E-state index contributed by atoms with van der Waals surface area (Å²) in [4.78, 5) is 2.47. The molecule has 1 fully saturated rings. The molecule has 0 amide bonds. The Morgan fingerprint density at radius 3 is 1.81 bits per heavy atom. The van der Waals surface area contributed by atoms with Crippen molar-refractivity contribution in [3.63, 3.8) is 0 Å². The quantitative estimate of drug-likeness (QED) is 0.802. The second-order valence-electron chi connectivity index (χ2n) is 7.70. The summed E-state index contributed by atoms with van der Waals surface area (Å²) in [5.74, 6) is 1.61. The molecule has 1 heterocycles. The molecule has 0 aromatic rings. The van der Waals surface area contributed by atoms with Gasteiger partial charge in [-0.15, -0.1) is 0 Å². The van der Waals surface area contributed by atoms with Gasteiger partial charge >= 0.3 is 0 Å². The minimum Gasteiger partial charge on any atom is -0.326 e. The largest absolute Gasteiger partial charge is 0.326 e. The maximum atomic E-state index is 6.17. The average molecular weight is 226 g/mol. The van der Waals surface area contributed by atoms with Crippen LogP contribution in [0.15, 0.2) is 0 Å². The monoisotopic (exact) mass is 226 g/mol. The Hall–Kier alpha value is -0.0800. The van der Waals surface area contributed by atoms with Crippen molar-refractivity contribution >= 4 is 0 Å². The van der Waals surface area contributed by atoms with Crippen LogP contribution in [0, 0.1) is 17.3 Å². The minimum atomic E-state index is -0.0218. The second kappa shape index (κ2) is 4.66. The van der Waals surface area contributed by atoms with Gasteiger partial charge in [0.05, 0.1) is 0 Å². The van der Waals surface area contributed by atoms with E-state index in [0.29, 0.717) is 5.41 Å². The van der Waals surface area contributed by atoms with E-state index in [1.165, 1.54) is 19.5 Å². The van der Waals surface area contributed by atoms with E-state index in [4.69, 9.17) is 5.73 Å². The molecule has 0 aromatic carbocycles. The number of rotatable bonds is 3. The third kappa shape index (κ3) is 4.84. The molecule has 1 aliphatic rings. The van der Waals surface area contributed by atoms with Crippen molar-refractivity contribution in [2.45, 2.75) is 53.0 Å². The van der Waals surface area contributed by atoms with Crippen LogP contribution in [0.2, 0.25) is 0 Å². The Bertz CT molecular complexity index is 198. The predicted octanol–water partition coefficient (Wildman–Crippen LogP) is 2.73. The van der Waals surface area contributed by atoms with Crippen LogP contribution in [0.5, 0.6) is 0 Å². The highest BCUT2D eigenvalue weighted by Crippen LogP contribution is 2.36. The normalized spacial score (nSPS) is 28.7. The third-order valence-electron chi connectivity index (χ3n) is 3.42. The van der Waals surface area contributed by atoms with Crippen molar-refractivity contribution < 1.29 is 0 Å². The minimum absolute atomic E-state index is 0.0218. The van der Waals surface area contributed by atoms with E-state index < -0.39 is 0 Å². The fourth-order valence-electron chi connectivity index (χ4n) is 3.10. The Balaban J connectivity index is 2.60. The highest BCUT2D eigenvalue weighted by Gasteiger charge is 2.35. The zero-order valence-corrected chi connectivity index (χ0v) is 12.0. The number of nitrogens with two attached hydrogens (primary N) is 1. The number of hydrogen-bond donors (Lipinski definition) is 1. The van der Waals surface area contributed by atoms with Crippen molar-refractivity contribution in [1.82, 2.24) is 4.90 Å². The van der Waals surface area contributed by atoms with Crippen molar-refractivity contribution in [3.05, 3.63) is 0 Å². The van der Waals surface area contributed by atoms with Gasteiger partial charge in [-0.05, 0) is 51.0 Å². The zero-order chi connectivity index (χ0) is 12.6. The lowest BCUT2D eigenvalue weighted by atomic mass is 9.76. The van der Waals surface area contributed by atoms with Crippen LogP contribution in [-0.4, -0.2) is 30.6 Å². The molecule has 16 heavy (non-hydrogen) atoms. The van der Waals surface area contributed by atoms with Crippen LogP contribution >= 0.6 is 0 Å². The summed E-state index contributed by atoms with van der Waals surface area (Å²) in [6.07, 6.45) is 2.47. The Morgan fingerprint density at radius 1 is 1.00 bits per heavy atom. The first kappa shape index (κ1) is 14.0. The van der Waals surface area contributed by atoms with E-state index in [1.54, 1.807) is 0 Å². The lowest BCUT2D eigenvalue weighted by molar-refractivity contribution is 0.232. The van der Waals surface area contributed by atoms with Crippen molar-refractivity contribution in [1.29, 1.82) is 0 Å². The molecule has 1 aliphatic heterocycles. The van der Waals surface area contributed by atoms with Crippen molar-refractivity contribution in [2.24, 2.45) is 23.0 Å². The van der Waals surface area contributed by atoms with Crippen LogP contribution in [0.4, 0.5) is 0 Å². The van der Waals surface area contributed by atoms with Crippen molar-refractivity contribution in [2.75, 3.05) is 20.1 Å². The molecule has 0 radical (unpaired) electrons. The van der Waals surface area contributed by atoms with Gasteiger partial charge in [0.15, 0.2) is 0 Å². The molecule has 1 saturated heterocycles. The predicted molar refractivity (Wildman–Crippen MR) is 71.4 cm³/mol. The fraction of sp³-hybridized carbons (Fsp3) is 1.00. The molecule has 2 unspecified atom stereocenters. The van der Waals surface area contributed by atoms with Gasteiger partial charge in [0, 0.05) is 18.6 Å². The highest BCUT2D eigenvalue weighted by atomic mass is 15.1. The molecule has 2 nitrogen and oxygen atoms in total. The molecule has 2 heteroatoms. The molecule has 2 atom stereocenters. The van der Waals surface area contributed by atoms with Crippen LogP contribution < -0.4 is 5.73 Å². The first-order chi connectivity index (χ1) is 7.07. The summed E-state index contributed by atoms with van der Waals surface area (Å²) in [5.41, 5.74) is 6.58. The third-order valence-corrected chi connectivity index (χ3v) is 3.42. The lowest BCUT2D eigenvalue weighted by Crippen LogP contribution is -2.36. The number of hydrogen-bond acceptors (Lipinski definition) is 2. The molecular formula is C14H30N2.